The largest absolute Gasteiger partial charge is 0.467 e. The van der Waals surface area contributed by atoms with E-state index in [4.69, 9.17) is 4.42 Å². The van der Waals surface area contributed by atoms with E-state index < -0.39 is 29.7 Å². The zero-order chi connectivity index (χ0) is 24.9. The van der Waals surface area contributed by atoms with Gasteiger partial charge in [0.15, 0.2) is 6.04 Å². The zero-order valence-corrected chi connectivity index (χ0v) is 18.7. The summed E-state index contributed by atoms with van der Waals surface area (Å²) in [6, 6.07) is 9.23. The first-order chi connectivity index (χ1) is 16.7. The maximum atomic E-state index is 13.8. The van der Waals surface area contributed by atoms with Crippen molar-refractivity contribution >= 4 is 17.4 Å². The number of hydrogen-bond acceptors (Lipinski definition) is 5. The fraction of sp³-hybridized carbons (Fsp3) is 0.261. The van der Waals surface area contributed by atoms with Crippen molar-refractivity contribution in [1.29, 1.82) is 0 Å². The first-order valence-electron chi connectivity index (χ1n) is 10.8. The van der Waals surface area contributed by atoms with Gasteiger partial charge in [-0.2, -0.15) is 18.3 Å². The minimum Gasteiger partial charge on any atom is -0.467 e. The average molecular weight is 486 g/mol. The molecule has 4 heterocycles. The van der Waals surface area contributed by atoms with Crippen LogP contribution >= 0.6 is 0 Å². The van der Waals surface area contributed by atoms with Gasteiger partial charge in [-0.05, 0) is 31.2 Å². The predicted octanol–water partition coefficient (Wildman–Crippen LogP) is 4.19. The van der Waals surface area contributed by atoms with Gasteiger partial charge in [0, 0.05) is 13.5 Å². The molecule has 9 nitrogen and oxygen atoms in total. The Morgan fingerprint density at radius 1 is 1.20 bits per heavy atom. The van der Waals surface area contributed by atoms with E-state index in [2.05, 4.69) is 15.7 Å². The number of nitrogens with zero attached hydrogens (tertiary/aromatic N) is 4. The average Bonchev–Trinajstić information content (AvgIpc) is 3.55. The number of aromatic nitrogens is 4. The number of hydrogen-bond donors (Lipinski definition) is 2. The third-order valence-corrected chi connectivity index (χ3v) is 6.16. The molecule has 2 N–H and O–H groups in total. The molecule has 0 saturated heterocycles. The smallest absolute Gasteiger partial charge is 0.410 e. The second-order valence-corrected chi connectivity index (χ2v) is 8.25. The molecule has 4 aromatic rings. The van der Waals surface area contributed by atoms with Crippen molar-refractivity contribution < 1.29 is 22.4 Å². The van der Waals surface area contributed by atoms with Crippen molar-refractivity contribution in [3.63, 3.8) is 0 Å². The topological polar surface area (TPSA) is 99.0 Å². The van der Waals surface area contributed by atoms with Crippen molar-refractivity contribution in [3.05, 3.63) is 82.3 Å². The van der Waals surface area contributed by atoms with Crippen LogP contribution in [0.5, 0.6) is 0 Å². The molecule has 0 spiro atoms. The van der Waals surface area contributed by atoms with Crippen LogP contribution in [0.4, 0.5) is 24.7 Å². The fourth-order valence-electron chi connectivity index (χ4n) is 4.30. The minimum atomic E-state index is -4.60. The van der Waals surface area contributed by atoms with Crippen LogP contribution in [-0.2, 0) is 7.05 Å². The maximum absolute atomic E-state index is 13.8. The van der Waals surface area contributed by atoms with Crippen LogP contribution in [0.3, 0.4) is 0 Å². The Bertz CT molecular complexity index is 1430. The zero-order valence-electron chi connectivity index (χ0n) is 18.7. The van der Waals surface area contributed by atoms with Gasteiger partial charge in [0.1, 0.15) is 22.8 Å². The van der Waals surface area contributed by atoms with E-state index in [1.54, 1.807) is 55.1 Å². The molecule has 3 aromatic heterocycles. The lowest BCUT2D eigenvalue weighted by molar-refractivity contribution is -0.174. The summed E-state index contributed by atoms with van der Waals surface area (Å²) in [5.74, 6) is -0.553. The second kappa shape index (κ2) is 8.22. The molecule has 1 aliphatic heterocycles. The van der Waals surface area contributed by atoms with Gasteiger partial charge in [0.25, 0.3) is 11.5 Å². The number of amides is 1. The van der Waals surface area contributed by atoms with Crippen LogP contribution in [0.15, 0.2) is 64.1 Å². The van der Waals surface area contributed by atoms with Gasteiger partial charge < -0.3 is 15.1 Å². The quantitative estimate of drug-likeness (QED) is 0.451. The molecular formula is C23H21F3N6O3. The lowest BCUT2D eigenvalue weighted by Gasteiger charge is -2.32. The third kappa shape index (κ3) is 3.80. The Morgan fingerprint density at radius 2 is 1.94 bits per heavy atom. The Kier molecular flexibility index (Phi) is 5.30. The van der Waals surface area contributed by atoms with Crippen molar-refractivity contribution in [1.82, 2.24) is 19.1 Å². The number of halogens is 3. The molecular weight excluding hydrogens is 465 g/mol. The summed E-state index contributed by atoms with van der Waals surface area (Å²) in [6.45, 7) is 1.66. The summed E-state index contributed by atoms with van der Waals surface area (Å²) >= 11 is 0. The highest BCUT2D eigenvalue weighted by molar-refractivity contribution is 6.07. The highest BCUT2D eigenvalue weighted by Gasteiger charge is 2.47. The summed E-state index contributed by atoms with van der Waals surface area (Å²) in [7, 11) is 1.67. The van der Waals surface area contributed by atoms with Crippen LogP contribution in [0, 0.1) is 6.92 Å². The standard InChI is InChI=1S/C23H21F3N6O3/c1-13-19(22(34)32(30(13)2)14-7-4-3-5-8-14)29-21(33)15-12-27-31-18(23(24,25)26)11-16(28-20(15)31)17-9-6-10-35-17/h3-10,12,16,18,28H,11H2,1-2H3,(H,29,33)/t16-,18-/m1/s1. The van der Waals surface area contributed by atoms with Gasteiger partial charge in [-0.25, -0.2) is 9.36 Å². The SMILES string of the molecule is Cc1c(NC(=O)c2cnn3c2N[C@@H](c2ccco2)C[C@@H]3C(F)(F)F)c(=O)n(-c2ccccc2)n1C. The first kappa shape index (κ1) is 22.6. The van der Waals surface area contributed by atoms with Crippen molar-refractivity contribution in [2.75, 3.05) is 10.6 Å². The highest BCUT2D eigenvalue weighted by atomic mass is 19.4. The van der Waals surface area contributed by atoms with Crippen molar-refractivity contribution in [2.45, 2.75) is 31.6 Å². The first-order valence-corrected chi connectivity index (χ1v) is 10.8. The summed E-state index contributed by atoms with van der Waals surface area (Å²) in [5, 5.41) is 9.37. The second-order valence-electron chi connectivity index (χ2n) is 8.25. The van der Waals surface area contributed by atoms with Crippen LogP contribution < -0.4 is 16.2 Å². The Balaban J connectivity index is 1.51. The Hall–Kier alpha value is -4.22. The maximum Gasteiger partial charge on any atom is 0.410 e. The summed E-state index contributed by atoms with van der Waals surface area (Å²) < 4.78 is 50.6. The molecule has 1 aliphatic rings. The summed E-state index contributed by atoms with van der Waals surface area (Å²) in [6.07, 6.45) is -2.52. The van der Waals surface area contributed by atoms with Crippen molar-refractivity contribution in [3.8, 4) is 5.69 Å². The number of carbonyl (C=O) groups is 1. The third-order valence-electron chi connectivity index (χ3n) is 6.16. The Morgan fingerprint density at radius 3 is 2.60 bits per heavy atom. The monoisotopic (exact) mass is 486 g/mol. The number of rotatable bonds is 4. The van der Waals surface area contributed by atoms with E-state index in [0.29, 0.717) is 17.1 Å². The minimum absolute atomic E-state index is 0.0204. The predicted molar refractivity (Wildman–Crippen MR) is 121 cm³/mol. The molecule has 12 heteroatoms. The number of para-hydroxylation sites is 1. The molecule has 35 heavy (non-hydrogen) atoms. The van der Waals surface area contributed by atoms with Gasteiger partial charge >= 0.3 is 6.18 Å². The molecule has 0 aliphatic carbocycles. The number of furan rings is 1. The van der Waals surface area contributed by atoms with Gasteiger partial charge in [0.05, 0.1) is 29.9 Å². The molecule has 0 bridgehead atoms. The van der Waals surface area contributed by atoms with E-state index in [0.717, 1.165) is 10.9 Å². The van der Waals surface area contributed by atoms with Gasteiger partial charge in [-0.15, -0.1) is 0 Å². The molecule has 182 valence electrons. The molecule has 1 aromatic carbocycles. The molecule has 0 unspecified atom stereocenters. The van der Waals surface area contributed by atoms with Crippen LogP contribution in [0.1, 0.15) is 40.3 Å². The molecule has 5 rings (SSSR count). The van der Waals surface area contributed by atoms with E-state index in [1.807, 2.05) is 6.07 Å². The number of anilines is 2. The van der Waals surface area contributed by atoms with Gasteiger partial charge in [-0.3, -0.25) is 14.3 Å². The normalized spacial score (nSPS) is 17.6. The lowest BCUT2D eigenvalue weighted by Crippen LogP contribution is -2.36. The van der Waals surface area contributed by atoms with E-state index >= 15 is 0 Å². The number of nitrogens with one attached hydrogen (secondary N) is 2. The van der Waals surface area contributed by atoms with Crippen LogP contribution in [-0.4, -0.2) is 31.2 Å². The van der Waals surface area contributed by atoms with Gasteiger partial charge in [0.2, 0.25) is 0 Å². The van der Waals surface area contributed by atoms with E-state index in [9.17, 15) is 22.8 Å². The molecule has 0 radical (unpaired) electrons. The number of alkyl halides is 3. The van der Waals surface area contributed by atoms with Gasteiger partial charge in [-0.1, -0.05) is 18.2 Å². The number of fused-ring (bicyclic) bond motifs is 1. The lowest BCUT2D eigenvalue weighted by atomic mass is 10.0. The number of benzene rings is 1. The molecule has 0 saturated carbocycles. The number of carbonyl (C=O) groups excluding carboxylic acids is 1. The van der Waals surface area contributed by atoms with Crippen LogP contribution in [0.25, 0.3) is 5.69 Å². The molecule has 2 atom stereocenters. The van der Waals surface area contributed by atoms with Crippen LogP contribution in [0.2, 0.25) is 0 Å². The summed E-state index contributed by atoms with van der Waals surface area (Å²) in [4.78, 5) is 26.3. The highest BCUT2D eigenvalue weighted by Crippen LogP contribution is 2.44. The molecule has 1 amide bonds. The molecule has 0 fully saturated rings. The van der Waals surface area contributed by atoms with E-state index in [1.165, 1.54) is 10.9 Å². The van der Waals surface area contributed by atoms with E-state index in [-0.39, 0.29) is 23.5 Å². The summed E-state index contributed by atoms with van der Waals surface area (Å²) in [5.41, 5.74) is 0.502. The fourth-order valence-corrected chi connectivity index (χ4v) is 4.30. The van der Waals surface area contributed by atoms with Crippen molar-refractivity contribution in [2.24, 2.45) is 7.05 Å². The Labute approximate surface area is 196 Å².